The van der Waals surface area contributed by atoms with Crippen LogP contribution in [-0.4, -0.2) is 38.0 Å². The number of hydrogen-bond donors (Lipinski definition) is 0. The van der Waals surface area contributed by atoms with Crippen LogP contribution in [-0.2, 0) is 17.9 Å². The van der Waals surface area contributed by atoms with Gasteiger partial charge < -0.3 is 13.9 Å². The molecule has 0 radical (unpaired) electrons. The highest BCUT2D eigenvalue weighted by atomic mass is 16.4. The molecule has 0 saturated carbocycles. The molecule has 0 unspecified atom stereocenters. The number of aromatic nitrogens is 3. The lowest BCUT2D eigenvalue weighted by Crippen LogP contribution is -2.41. The first-order valence-electron chi connectivity index (χ1n) is 9.88. The summed E-state index contributed by atoms with van der Waals surface area (Å²) in [5, 5.41) is 0. The van der Waals surface area contributed by atoms with E-state index in [9.17, 15) is 9.59 Å². The number of rotatable bonds is 5. The third-order valence-electron chi connectivity index (χ3n) is 5.85. The summed E-state index contributed by atoms with van der Waals surface area (Å²) in [6.07, 6.45) is 5.02. The Hall–Kier alpha value is -2.83. The molecule has 7 heteroatoms. The summed E-state index contributed by atoms with van der Waals surface area (Å²) in [4.78, 5) is 31.0. The number of nitrogens with zero attached hydrogens (tertiary/aromatic N) is 4. The number of aryl methyl sites for hydroxylation is 2. The average Bonchev–Trinajstić information content (AvgIpc) is 3.19. The first-order valence-corrected chi connectivity index (χ1v) is 9.88. The SMILES string of the molecule is Cc1cnc(C)n1CCC1CCN(C(=O)Cn2c(=O)oc3ccccc32)CC1. The van der Waals surface area contributed by atoms with Crippen LogP contribution in [0, 0.1) is 19.8 Å². The molecule has 28 heavy (non-hydrogen) atoms. The monoisotopic (exact) mass is 382 g/mol. The van der Waals surface area contributed by atoms with Gasteiger partial charge >= 0.3 is 5.76 Å². The topological polar surface area (TPSA) is 73.3 Å². The summed E-state index contributed by atoms with van der Waals surface area (Å²) < 4.78 is 8.90. The Morgan fingerprint density at radius 3 is 2.64 bits per heavy atom. The second kappa shape index (κ2) is 7.66. The number of carbonyl (C=O) groups is 1. The normalized spacial score (nSPS) is 15.4. The summed E-state index contributed by atoms with van der Waals surface area (Å²) >= 11 is 0. The van der Waals surface area contributed by atoms with E-state index in [0.29, 0.717) is 17.0 Å². The molecule has 3 aromatic rings. The van der Waals surface area contributed by atoms with E-state index in [-0.39, 0.29) is 12.5 Å². The molecule has 1 aliphatic rings. The van der Waals surface area contributed by atoms with E-state index in [0.717, 1.165) is 44.7 Å². The van der Waals surface area contributed by atoms with Gasteiger partial charge in [0.05, 0.1) is 5.52 Å². The lowest BCUT2D eigenvalue weighted by Gasteiger charge is -2.32. The summed E-state index contributed by atoms with van der Waals surface area (Å²) in [5.74, 6) is 1.18. The maximum atomic E-state index is 12.7. The molecule has 1 aromatic carbocycles. The average molecular weight is 382 g/mol. The number of likely N-dealkylation sites (tertiary alicyclic amines) is 1. The van der Waals surface area contributed by atoms with Crippen LogP contribution in [0.5, 0.6) is 0 Å². The third kappa shape index (κ3) is 3.61. The van der Waals surface area contributed by atoms with E-state index in [1.165, 1.54) is 10.3 Å². The van der Waals surface area contributed by atoms with E-state index in [1.807, 2.05) is 30.2 Å². The molecule has 7 nitrogen and oxygen atoms in total. The standard InChI is InChI=1S/C21H26N4O3/c1-15-13-22-16(2)24(15)12-9-17-7-10-23(11-8-17)20(26)14-25-18-5-3-4-6-19(18)28-21(25)27/h3-6,13,17H,7-12,14H2,1-2H3. The molecular weight excluding hydrogens is 356 g/mol. The number of amides is 1. The van der Waals surface area contributed by atoms with Crippen molar-refractivity contribution < 1.29 is 9.21 Å². The highest BCUT2D eigenvalue weighted by molar-refractivity contribution is 5.79. The van der Waals surface area contributed by atoms with Crippen molar-refractivity contribution in [3.05, 3.63) is 52.5 Å². The highest BCUT2D eigenvalue weighted by Crippen LogP contribution is 2.22. The molecule has 2 aromatic heterocycles. The molecule has 148 valence electrons. The molecule has 4 rings (SSSR count). The molecule has 1 aliphatic heterocycles. The Kier molecular flexibility index (Phi) is 5.07. The number of piperidine rings is 1. The van der Waals surface area contributed by atoms with Crippen LogP contribution in [0.4, 0.5) is 0 Å². The molecule has 0 spiro atoms. The van der Waals surface area contributed by atoms with Gasteiger partial charge in [-0.3, -0.25) is 9.36 Å². The lowest BCUT2D eigenvalue weighted by atomic mass is 9.93. The number of imidazole rings is 1. The van der Waals surface area contributed by atoms with Gasteiger partial charge in [-0.05, 0) is 51.2 Å². The summed E-state index contributed by atoms with van der Waals surface area (Å²) in [5.41, 5.74) is 2.38. The van der Waals surface area contributed by atoms with Crippen molar-refractivity contribution in [2.45, 2.75) is 46.2 Å². The summed E-state index contributed by atoms with van der Waals surface area (Å²) in [6, 6.07) is 7.20. The number of fused-ring (bicyclic) bond motifs is 1. The van der Waals surface area contributed by atoms with Crippen LogP contribution in [0.3, 0.4) is 0 Å². The van der Waals surface area contributed by atoms with E-state index in [2.05, 4.69) is 16.5 Å². The molecule has 0 aliphatic carbocycles. The Balaban J connectivity index is 1.33. The fourth-order valence-corrected chi connectivity index (χ4v) is 4.10. The smallest absolute Gasteiger partial charge is 0.408 e. The van der Waals surface area contributed by atoms with E-state index < -0.39 is 5.76 Å². The van der Waals surface area contributed by atoms with Crippen molar-refractivity contribution in [1.29, 1.82) is 0 Å². The van der Waals surface area contributed by atoms with Gasteiger partial charge in [0.1, 0.15) is 12.4 Å². The number of oxazole rings is 1. The van der Waals surface area contributed by atoms with Crippen LogP contribution < -0.4 is 5.76 Å². The van der Waals surface area contributed by atoms with E-state index in [4.69, 9.17) is 4.42 Å². The van der Waals surface area contributed by atoms with Crippen molar-refractivity contribution in [3.63, 3.8) is 0 Å². The Bertz CT molecular complexity index is 1020. The van der Waals surface area contributed by atoms with Gasteiger partial charge in [0.15, 0.2) is 5.58 Å². The minimum Gasteiger partial charge on any atom is -0.408 e. The summed E-state index contributed by atoms with van der Waals surface area (Å²) in [7, 11) is 0. The van der Waals surface area contributed by atoms with Gasteiger partial charge in [-0.25, -0.2) is 9.78 Å². The van der Waals surface area contributed by atoms with Crippen molar-refractivity contribution in [1.82, 2.24) is 19.0 Å². The molecule has 0 atom stereocenters. The largest absolute Gasteiger partial charge is 0.420 e. The second-order valence-electron chi connectivity index (χ2n) is 7.63. The van der Waals surface area contributed by atoms with Crippen LogP contribution >= 0.6 is 0 Å². The zero-order valence-electron chi connectivity index (χ0n) is 16.4. The van der Waals surface area contributed by atoms with Crippen LogP contribution in [0.15, 0.2) is 39.7 Å². The van der Waals surface area contributed by atoms with Crippen molar-refractivity contribution in [2.75, 3.05) is 13.1 Å². The van der Waals surface area contributed by atoms with Gasteiger partial charge in [-0.1, -0.05) is 12.1 Å². The summed E-state index contributed by atoms with van der Waals surface area (Å²) in [6.45, 7) is 6.63. The van der Waals surface area contributed by atoms with Crippen LogP contribution in [0.25, 0.3) is 11.1 Å². The van der Waals surface area contributed by atoms with E-state index in [1.54, 1.807) is 12.1 Å². The van der Waals surface area contributed by atoms with Crippen molar-refractivity contribution >= 4 is 17.0 Å². The fourth-order valence-electron chi connectivity index (χ4n) is 4.10. The predicted octanol–water partition coefficient (Wildman–Crippen LogP) is 2.74. The minimum absolute atomic E-state index is 0.0200. The molecule has 1 amide bonds. The Labute approximate surface area is 163 Å². The van der Waals surface area contributed by atoms with Gasteiger partial charge in [0, 0.05) is 31.5 Å². The Morgan fingerprint density at radius 2 is 1.93 bits per heavy atom. The van der Waals surface area contributed by atoms with Crippen LogP contribution in [0.1, 0.15) is 30.8 Å². The lowest BCUT2D eigenvalue weighted by molar-refractivity contribution is -0.133. The molecule has 0 bridgehead atoms. The molecule has 3 heterocycles. The zero-order chi connectivity index (χ0) is 19.7. The van der Waals surface area contributed by atoms with Gasteiger partial charge in [-0.2, -0.15) is 0 Å². The first kappa shape index (κ1) is 18.5. The predicted molar refractivity (Wildman–Crippen MR) is 106 cm³/mol. The Morgan fingerprint density at radius 1 is 1.18 bits per heavy atom. The molecule has 0 N–H and O–H groups in total. The number of carbonyl (C=O) groups excluding carboxylic acids is 1. The third-order valence-corrected chi connectivity index (χ3v) is 5.85. The second-order valence-corrected chi connectivity index (χ2v) is 7.63. The van der Waals surface area contributed by atoms with Gasteiger partial charge in [-0.15, -0.1) is 0 Å². The molecular formula is C21H26N4O3. The van der Waals surface area contributed by atoms with Crippen molar-refractivity contribution in [2.24, 2.45) is 5.92 Å². The minimum atomic E-state index is -0.476. The quantitative estimate of drug-likeness (QED) is 0.680. The molecule has 1 fully saturated rings. The van der Waals surface area contributed by atoms with Crippen LogP contribution in [0.2, 0.25) is 0 Å². The number of hydrogen-bond acceptors (Lipinski definition) is 4. The van der Waals surface area contributed by atoms with E-state index >= 15 is 0 Å². The number of para-hydroxylation sites is 2. The zero-order valence-corrected chi connectivity index (χ0v) is 16.4. The maximum absolute atomic E-state index is 12.7. The van der Waals surface area contributed by atoms with Gasteiger partial charge in [0.25, 0.3) is 0 Å². The maximum Gasteiger partial charge on any atom is 0.420 e. The highest BCUT2D eigenvalue weighted by Gasteiger charge is 2.24. The van der Waals surface area contributed by atoms with Gasteiger partial charge in [0.2, 0.25) is 5.91 Å². The first-order chi connectivity index (χ1) is 13.5. The number of benzene rings is 1. The fraction of sp³-hybridized carbons (Fsp3) is 0.476. The molecule has 1 saturated heterocycles. The van der Waals surface area contributed by atoms with Crippen molar-refractivity contribution in [3.8, 4) is 0 Å².